The number of H-pyrrole nitrogens is 1. The van der Waals surface area contributed by atoms with Crippen LogP contribution in [0.5, 0.6) is 0 Å². The number of carbonyl (C=O) groups excluding carboxylic acids is 1. The zero-order chi connectivity index (χ0) is 28.2. The largest absolute Gasteiger partial charge is 0.376 e. The van der Waals surface area contributed by atoms with Crippen LogP contribution in [-0.2, 0) is 19.0 Å². The number of halogens is 1. The molecular formula is C30H37FN6O4. The molecule has 2 aliphatic heterocycles. The highest BCUT2D eigenvalue weighted by Gasteiger charge is 2.41. The molecule has 1 aromatic carbocycles. The monoisotopic (exact) mass is 564 g/mol. The summed E-state index contributed by atoms with van der Waals surface area (Å²) in [6.45, 7) is 3.38. The van der Waals surface area contributed by atoms with E-state index in [1.165, 1.54) is 31.4 Å². The van der Waals surface area contributed by atoms with E-state index < -0.39 is 11.7 Å². The summed E-state index contributed by atoms with van der Waals surface area (Å²) in [5.74, 6) is 0.549. The quantitative estimate of drug-likeness (QED) is 0.358. The Morgan fingerprint density at radius 1 is 1.02 bits per heavy atom. The van der Waals surface area contributed by atoms with Crippen LogP contribution in [-0.4, -0.2) is 64.4 Å². The molecule has 10 nitrogen and oxygen atoms in total. The highest BCUT2D eigenvalue weighted by Crippen LogP contribution is 2.36. The Morgan fingerprint density at radius 2 is 1.80 bits per heavy atom. The fraction of sp³-hybridized carbons (Fsp3) is 0.533. The predicted octanol–water partition coefficient (Wildman–Crippen LogP) is 4.76. The molecule has 3 aliphatic rings. The molecule has 11 heteroatoms. The molecule has 41 heavy (non-hydrogen) atoms. The van der Waals surface area contributed by atoms with Crippen molar-refractivity contribution in [3.8, 4) is 22.6 Å². The lowest BCUT2D eigenvalue weighted by Crippen LogP contribution is -2.49. The molecule has 1 saturated carbocycles. The molecule has 6 rings (SSSR count). The maximum absolute atomic E-state index is 13.7. The number of hydrogen-bond donors (Lipinski definition) is 3. The summed E-state index contributed by atoms with van der Waals surface area (Å²) in [4.78, 5) is 30.3. The SMILES string of the molecule is CC1(C(=O)NCC2CCCO2)COC(c2nc(-c3ccc(F)cc3)c(-c3ccnc(NC4CCCCC4)n3)[nH]2)OC1. The van der Waals surface area contributed by atoms with Crippen LogP contribution in [0.2, 0.25) is 0 Å². The Balaban J connectivity index is 1.21. The highest BCUT2D eigenvalue weighted by molar-refractivity contribution is 5.82. The summed E-state index contributed by atoms with van der Waals surface area (Å²) in [7, 11) is 0. The van der Waals surface area contributed by atoms with E-state index in [-0.39, 0.29) is 31.0 Å². The second-order valence-corrected chi connectivity index (χ2v) is 11.5. The van der Waals surface area contributed by atoms with Crippen molar-refractivity contribution >= 4 is 11.9 Å². The zero-order valence-corrected chi connectivity index (χ0v) is 23.3. The molecule has 0 radical (unpaired) electrons. The molecule has 1 atom stereocenters. The number of rotatable bonds is 8. The number of nitrogens with zero attached hydrogens (tertiary/aromatic N) is 3. The van der Waals surface area contributed by atoms with E-state index in [0.29, 0.717) is 41.4 Å². The van der Waals surface area contributed by atoms with Gasteiger partial charge < -0.3 is 29.8 Å². The van der Waals surface area contributed by atoms with Gasteiger partial charge in [-0.25, -0.2) is 19.3 Å². The Hall–Kier alpha value is -3.41. The molecule has 3 N–H and O–H groups in total. The smallest absolute Gasteiger partial charge is 0.230 e. The molecule has 0 bridgehead atoms. The third-order valence-electron chi connectivity index (χ3n) is 8.08. The number of carbonyl (C=O) groups is 1. The van der Waals surface area contributed by atoms with E-state index in [0.717, 1.165) is 37.9 Å². The second kappa shape index (κ2) is 12.2. The van der Waals surface area contributed by atoms with Gasteiger partial charge in [0, 0.05) is 31.0 Å². The molecular weight excluding hydrogens is 527 g/mol. The molecule has 2 aromatic heterocycles. The van der Waals surface area contributed by atoms with Gasteiger partial charge in [0.15, 0.2) is 5.82 Å². The van der Waals surface area contributed by atoms with Crippen LogP contribution >= 0.6 is 0 Å². The highest BCUT2D eigenvalue weighted by atomic mass is 19.1. The third-order valence-corrected chi connectivity index (χ3v) is 8.08. The number of imidazole rings is 1. The summed E-state index contributed by atoms with van der Waals surface area (Å²) in [5, 5.41) is 6.46. The average molecular weight is 565 g/mol. The lowest BCUT2D eigenvalue weighted by atomic mass is 9.91. The van der Waals surface area contributed by atoms with E-state index in [1.807, 2.05) is 13.0 Å². The molecule has 3 aromatic rings. The number of amides is 1. The van der Waals surface area contributed by atoms with Crippen molar-refractivity contribution in [3.63, 3.8) is 0 Å². The van der Waals surface area contributed by atoms with Crippen molar-refractivity contribution < 1.29 is 23.4 Å². The lowest BCUT2D eigenvalue weighted by Gasteiger charge is -2.35. The van der Waals surface area contributed by atoms with E-state index in [4.69, 9.17) is 24.2 Å². The van der Waals surface area contributed by atoms with Gasteiger partial charge in [0.2, 0.25) is 18.1 Å². The molecule has 1 aliphatic carbocycles. The number of hydrogen-bond acceptors (Lipinski definition) is 8. The number of anilines is 1. The molecule has 4 heterocycles. The van der Waals surface area contributed by atoms with Crippen molar-refractivity contribution in [2.45, 2.75) is 70.3 Å². The van der Waals surface area contributed by atoms with Gasteiger partial charge in [-0.3, -0.25) is 4.79 Å². The summed E-state index contributed by atoms with van der Waals surface area (Å²) in [5.41, 5.74) is 1.77. The van der Waals surface area contributed by atoms with Crippen LogP contribution in [0.15, 0.2) is 36.5 Å². The summed E-state index contributed by atoms with van der Waals surface area (Å²) in [6, 6.07) is 8.33. The number of ether oxygens (including phenoxy) is 3. The normalized spacial score (nSPS) is 25.2. The first-order chi connectivity index (χ1) is 20.0. The Bertz CT molecular complexity index is 1330. The zero-order valence-electron chi connectivity index (χ0n) is 23.3. The van der Waals surface area contributed by atoms with Crippen LogP contribution in [0.25, 0.3) is 22.6 Å². The topological polar surface area (TPSA) is 123 Å². The van der Waals surface area contributed by atoms with Crippen LogP contribution in [0.3, 0.4) is 0 Å². The number of aromatic nitrogens is 4. The molecule has 218 valence electrons. The van der Waals surface area contributed by atoms with Gasteiger partial charge in [-0.15, -0.1) is 0 Å². The molecule has 2 saturated heterocycles. The number of aromatic amines is 1. The van der Waals surface area contributed by atoms with E-state index in [1.54, 1.807) is 18.3 Å². The first-order valence-electron chi connectivity index (χ1n) is 14.6. The molecule has 0 spiro atoms. The minimum atomic E-state index is -0.837. The van der Waals surface area contributed by atoms with Gasteiger partial charge in [-0.05, 0) is 62.9 Å². The van der Waals surface area contributed by atoms with Gasteiger partial charge in [0.05, 0.1) is 41.8 Å². The van der Waals surface area contributed by atoms with E-state index in [2.05, 4.69) is 20.6 Å². The second-order valence-electron chi connectivity index (χ2n) is 11.5. The van der Waals surface area contributed by atoms with Gasteiger partial charge >= 0.3 is 0 Å². The maximum atomic E-state index is 13.7. The fourth-order valence-electron chi connectivity index (χ4n) is 5.63. The summed E-state index contributed by atoms with van der Waals surface area (Å²) < 4.78 is 31.4. The van der Waals surface area contributed by atoms with Crippen molar-refractivity contribution in [3.05, 3.63) is 48.2 Å². The summed E-state index contributed by atoms with van der Waals surface area (Å²) >= 11 is 0. The van der Waals surface area contributed by atoms with Crippen molar-refractivity contribution in [2.24, 2.45) is 5.41 Å². The minimum absolute atomic E-state index is 0.0623. The molecule has 3 fully saturated rings. The maximum Gasteiger partial charge on any atom is 0.230 e. The van der Waals surface area contributed by atoms with Crippen molar-refractivity contribution in [2.75, 3.05) is 31.7 Å². The van der Waals surface area contributed by atoms with Crippen molar-refractivity contribution in [1.29, 1.82) is 0 Å². The average Bonchev–Trinajstić information content (AvgIpc) is 3.68. The van der Waals surface area contributed by atoms with Crippen molar-refractivity contribution in [1.82, 2.24) is 25.3 Å². The first kappa shape index (κ1) is 27.7. The van der Waals surface area contributed by atoms with Crippen LogP contribution in [0, 0.1) is 11.2 Å². The lowest BCUT2D eigenvalue weighted by molar-refractivity contribution is -0.231. The standard InChI is InChI=1S/C30H37FN6O4/c1-30(28(38)33-16-22-8-5-15-39-22)17-40-27(41-18-30)26-36-24(19-9-11-20(31)12-10-19)25(37-26)23-13-14-32-29(35-23)34-21-6-3-2-4-7-21/h9-14,21-22,27H,2-8,15-18H2,1H3,(H,33,38)(H,36,37)(H,32,34,35). The number of benzene rings is 1. The fourth-order valence-corrected chi connectivity index (χ4v) is 5.63. The minimum Gasteiger partial charge on any atom is -0.376 e. The Morgan fingerprint density at radius 3 is 2.54 bits per heavy atom. The van der Waals surface area contributed by atoms with Gasteiger partial charge in [0.1, 0.15) is 5.82 Å². The van der Waals surface area contributed by atoms with Crippen LogP contribution in [0.4, 0.5) is 10.3 Å². The first-order valence-corrected chi connectivity index (χ1v) is 14.6. The Kier molecular flexibility index (Phi) is 8.27. The van der Waals surface area contributed by atoms with Crippen LogP contribution < -0.4 is 10.6 Å². The van der Waals surface area contributed by atoms with E-state index in [9.17, 15) is 9.18 Å². The predicted molar refractivity (Wildman–Crippen MR) is 150 cm³/mol. The Labute approximate surface area is 238 Å². The van der Waals surface area contributed by atoms with E-state index >= 15 is 0 Å². The van der Waals surface area contributed by atoms with Gasteiger partial charge in [0.25, 0.3) is 0 Å². The molecule has 1 unspecified atom stereocenters. The number of nitrogens with one attached hydrogen (secondary N) is 3. The van der Waals surface area contributed by atoms with Gasteiger partial charge in [-0.2, -0.15) is 0 Å². The van der Waals surface area contributed by atoms with Crippen LogP contribution in [0.1, 0.15) is 64.0 Å². The molecule has 1 amide bonds. The van der Waals surface area contributed by atoms with Gasteiger partial charge in [-0.1, -0.05) is 19.3 Å². The third kappa shape index (κ3) is 6.42. The summed E-state index contributed by atoms with van der Waals surface area (Å²) in [6.07, 6.45) is 8.82.